The summed E-state index contributed by atoms with van der Waals surface area (Å²) in [6, 6.07) is 9.20. The van der Waals surface area contributed by atoms with Gasteiger partial charge in [0.15, 0.2) is 5.82 Å². The number of carbonyl (C=O) groups excluding carboxylic acids is 2. The number of amides is 2. The lowest BCUT2D eigenvalue weighted by Crippen LogP contribution is -2.37. The fourth-order valence-electron chi connectivity index (χ4n) is 3.98. The molecule has 0 aliphatic carbocycles. The Labute approximate surface area is 174 Å². The minimum absolute atomic E-state index is 0.120. The molecule has 0 bridgehead atoms. The molecule has 4 rings (SSSR count). The number of likely N-dealkylation sites (tertiary alicyclic amines) is 1. The number of aromatic nitrogens is 5. The van der Waals surface area contributed by atoms with Gasteiger partial charge in [0.25, 0.3) is 5.91 Å². The average molecular weight is 407 g/mol. The highest BCUT2D eigenvalue weighted by molar-refractivity contribution is 5.95. The Balaban J connectivity index is 1.65. The minimum atomic E-state index is -0.316. The predicted molar refractivity (Wildman–Crippen MR) is 110 cm³/mol. The second-order valence-electron chi connectivity index (χ2n) is 7.48. The van der Waals surface area contributed by atoms with E-state index >= 15 is 0 Å². The van der Waals surface area contributed by atoms with Gasteiger partial charge < -0.3 is 10.2 Å². The largest absolute Gasteiger partial charge is 0.352 e. The highest BCUT2D eigenvalue weighted by Gasteiger charge is 2.39. The first-order valence-electron chi connectivity index (χ1n) is 10.1. The van der Waals surface area contributed by atoms with E-state index < -0.39 is 0 Å². The standard InChI is InChI=1S/C21H25N7O2/c1-4-28-13(2)17(11-22-28)21(30)27-12-16(23-14(3)29)10-18(27)20-24-19(25-26-20)15-8-6-5-7-9-15/h5-9,11,16,18H,4,10,12H2,1-3H3,(H,23,29)(H,24,25,26). The Morgan fingerprint density at radius 2 is 2.03 bits per heavy atom. The fourth-order valence-corrected chi connectivity index (χ4v) is 3.98. The van der Waals surface area contributed by atoms with E-state index in [1.165, 1.54) is 6.92 Å². The number of nitrogens with one attached hydrogen (secondary N) is 2. The van der Waals surface area contributed by atoms with Crippen molar-refractivity contribution in [2.24, 2.45) is 0 Å². The maximum Gasteiger partial charge on any atom is 0.258 e. The van der Waals surface area contributed by atoms with E-state index in [0.29, 0.717) is 36.7 Å². The third-order valence-corrected chi connectivity index (χ3v) is 5.45. The molecular formula is C21H25N7O2. The molecule has 2 N–H and O–H groups in total. The minimum Gasteiger partial charge on any atom is -0.352 e. The van der Waals surface area contributed by atoms with Crippen molar-refractivity contribution in [3.05, 3.63) is 53.6 Å². The van der Waals surface area contributed by atoms with Gasteiger partial charge in [-0.1, -0.05) is 30.3 Å². The van der Waals surface area contributed by atoms with Crippen LogP contribution < -0.4 is 5.32 Å². The highest BCUT2D eigenvalue weighted by atomic mass is 16.2. The monoisotopic (exact) mass is 407 g/mol. The number of hydrogen-bond donors (Lipinski definition) is 2. The maximum atomic E-state index is 13.4. The number of aryl methyl sites for hydroxylation is 1. The van der Waals surface area contributed by atoms with Crippen LogP contribution in [-0.4, -0.2) is 54.3 Å². The molecule has 2 unspecified atom stereocenters. The van der Waals surface area contributed by atoms with E-state index in [4.69, 9.17) is 0 Å². The average Bonchev–Trinajstić information content (AvgIpc) is 3.45. The molecule has 1 aliphatic heterocycles. The van der Waals surface area contributed by atoms with Crippen LogP contribution in [0.1, 0.15) is 48.2 Å². The summed E-state index contributed by atoms with van der Waals surface area (Å²) in [5.41, 5.74) is 2.29. The van der Waals surface area contributed by atoms with E-state index in [-0.39, 0.29) is 23.9 Å². The predicted octanol–water partition coefficient (Wildman–Crippen LogP) is 2.09. The van der Waals surface area contributed by atoms with Crippen LogP contribution in [0, 0.1) is 6.92 Å². The molecule has 0 saturated carbocycles. The molecule has 0 radical (unpaired) electrons. The van der Waals surface area contributed by atoms with Crippen LogP contribution in [0.4, 0.5) is 0 Å². The fraction of sp³-hybridized carbons (Fsp3) is 0.381. The van der Waals surface area contributed by atoms with Gasteiger partial charge in [-0.15, -0.1) is 0 Å². The summed E-state index contributed by atoms with van der Waals surface area (Å²) in [5.74, 6) is 0.944. The summed E-state index contributed by atoms with van der Waals surface area (Å²) in [6.45, 7) is 6.46. The van der Waals surface area contributed by atoms with Crippen LogP contribution in [-0.2, 0) is 11.3 Å². The summed E-state index contributed by atoms with van der Waals surface area (Å²) < 4.78 is 1.80. The van der Waals surface area contributed by atoms with Gasteiger partial charge >= 0.3 is 0 Å². The summed E-state index contributed by atoms with van der Waals surface area (Å²) >= 11 is 0. The molecule has 156 valence electrons. The second kappa shape index (κ2) is 8.10. The normalized spacial score (nSPS) is 18.6. The molecular weight excluding hydrogens is 382 g/mol. The zero-order chi connectivity index (χ0) is 21.3. The smallest absolute Gasteiger partial charge is 0.258 e. The van der Waals surface area contributed by atoms with Gasteiger partial charge in [-0.25, -0.2) is 4.98 Å². The van der Waals surface area contributed by atoms with Gasteiger partial charge in [0.2, 0.25) is 5.91 Å². The Morgan fingerprint density at radius 1 is 1.27 bits per heavy atom. The van der Waals surface area contributed by atoms with Gasteiger partial charge in [0.05, 0.1) is 17.8 Å². The van der Waals surface area contributed by atoms with Crippen LogP contribution >= 0.6 is 0 Å². The zero-order valence-corrected chi connectivity index (χ0v) is 17.3. The van der Waals surface area contributed by atoms with Gasteiger partial charge in [-0.05, 0) is 20.3 Å². The first-order valence-corrected chi connectivity index (χ1v) is 10.1. The lowest BCUT2D eigenvalue weighted by atomic mass is 10.1. The lowest BCUT2D eigenvalue weighted by molar-refractivity contribution is -0.119. The van der Waals surface area contributed by atoms with Gasteiger partial charge in [-0.3, -0.25) is 19.4 Å². The molecule has 3 heterocycles. The summed E-state index contributed by atoms with van der Waals surface area (Å²) in [5, 5.41) is 14.6. The van der Waals surface area contributed by atoms with E-state index in [9.17, 15) is 9.59 Å². The van der Waals surface area contributed by atoms with Crippen LogP contribution in [0.25, 0.3) is 11.4 Å². The molecule has 1 saturated heterocycles. The topological polar surface area (TPSA) is 109 Å². The number of aromatic amines is 1. The Morgan fingerprint density at radius 3 is 2.70 bits per heavy atom. The Kier molecular flexibility index (Phi) is 5.35. The van der Waals surface area contributed by atoms with E-state index in [2.05, 4.69) is 25.6 Å². The van der Waals surface area contributed by atoms with Gasteiger partial charge in [0, 0.05) is 37.3 Å². The number of H-pyrrole nitrogens is 1. The van der Waals surface area contributed by atoms with Crippen LogP contribution in [0.2, 0.25) is 0 Å². The molecule has 0 spiro atoms. The number of benzene rings is 1. The lowest BCUT2D eigenvalue weighted by Gasteiger charge is -2.22. The van der Waals surface area contributed by atoms with E-state index in [0.717, 1.165) is 11.3 Å². The molecule has 9 nitrogen and oxygen atoms in total. The van der Waals surface area contributed by atoms with Crippen LogP contribution in [0.5, 0.6) is 0 Å². The van der Waals surface area contributed by atoms with Crippen LogP contribution in [0.3, 0.4) is 0 Å². The Hall–Kier alpha value is -3.49. The molecule has 1 fully saturated rings. The number of hydrogen-bond acceptors (Lipinski definition) is 5. The summed E-state index contributed by atoms with van der Waals surface area (Å²) in [6.07, 6.45) is 2.18. The van der Waals surface area contributed by atoms with Crippen molar-refractivity contribution in [2.75, 3.05) is 6.54 Å². The summed E-state index contributed by atoms with van der Waals surface area (Å²) in [7, 11) is 0. The van der Waals surface area contributed by atoms with E-state index in [1.807, 2.05) is 44.2 Å². The molecule has 3 aromatic rings. The van der Waals surface area contributed by atoms with Crippen LogP contribution in [0.15, 0.2) is 36.5 Å². The van der Waals surface area contributed by atoms with Crippen molar-refractivity contribution in [3.63, 3.8) is 0 Å². The summed E-state index contributed by atoms with van der Waals surface area (Å²) in [4.78, 5) is 31.4. The van der Waals surface area contributed by atoms with Crippen molar-refractivity contribution < 1.29 is 9.59 Å². The number of rotatable bonds is 5. The second-order valence-corrected chi connectivity index (χ2v) is 7.48. The first-order chi connectivity index (χ1) is 14.5. The molecule has 2 amide bonds. The van der Waals surface area contributed by atoms with Crippen molar-refractivity contribution >= 4 is 11.8 Å². The molecule has 2 aromatic heterocycles. The quantitative estimate of drug-likeness (QED) is 0.673. The van der Waals surface area contributed by atoms with Crippen molar-refractivity contribution in [1.29, 1.82) is 0 Å². The van der Waals surface area contributed by atoms with E-state index in [1.54, 1.807) is 15.8 Å². The maximum absolute atomic E-state index is 13.4. The van der Waals surface area contributed by atoms with Crippen molar-refractivity contribution in [3.8, 4) is 11.4 Å². The molecule has 1 aliphatic rings. The van der Waals surface area contributed by atoms with Crippen molar-refractivity contribution in [2.45, 2.75) is 45.8 Å². The van der Waals surface area contributed by atoms with Gasteiger partial charge in [-0.2, -0.15) is 10.2 Å². The third-order valence-electron chi connectivity index (χ3n) is 5.45. The molecule has 1 aromatic carbocycles. The molecule has 9 heteroatoms. The number of nitrogens with zero attached hydrogens (tertiary/aromatic N) is 5. The first kappa shape index (κ1) is 19.8. The third kappa shape index (κ3) is 3.70. The molecule has 30 heavy (non-hydrogen) atoms. The Bertz CT molecular complexity index is 1060. The zero-order valence-electron chi connectivity index (χ0n) is 17.3. The molecule has 2 atom stereocenters. The highest BCUT2D eigenvalue weighted by Crippen LogP contribution is 2.33. The van der Waals surface area contributed by atoms with Crippen molar-refractivity contribution in [1.82, 2.24) is 35.2 Å². The SMILES string of the molecule is CCn1ncc(C(=O)N2CC(NC(C)=O)CC2c2nc(-c3ccccc3)n[nH]2)c1C. The number of carbonyl (C=O) groups is 2. The van der Waals surface area contributed by atoms with Gasteiger partial charge in [0.1, 0.15) is 5.82 Å².